The number of aryl methyl sites for hydroxylation is 1. The van der Waals surface area contributed by atoms with Crippen LogP contribution in [0.15, 0.2) is 42.5 Å². The number of rotatable bonds is 10. The number of benzene rings is 1. The number of hydrogen-bond acceptors (Lipinski definition) is 8. The van der Waals surface area contributed by atoms with Gasteiger partial charge < -0.3 is 18.9 Å². The predicted molar refractivity (Wildman–Crippen MR) is 113 cm³/mol. The number of ether oxygens (including phenoxy) is 4. The minimum absolute atomic E-state index is 0.125. The molecule has 0 aliphatic heterocycles. The maximum Gasteiger partial charge on any atom is 0.411 e. The van der Waals surface area contributed by atoms with Gasteiger partial charge >= 0.3 is 24.1 Å². The Morgan fingerprint density at radius 2 is 1.16 bits per heavy atom. The number of amides is 2. The highest BCUT2D eigenvalue weighted by molar-refractivity contribution is 5.95. The van der Waals surface area contributed by atoms with Crippen molar-refractivity contribution < 1.29 is 38.1 Å². The summed E-state index contributed by atoms with van der Waals surface area (Å²) in [5.41, 5.74) is 1.83. The predicted octanol–water partition coefficient (Wildman–Crippen LogP) is 3.33. The topological polar surface area (TPSA) is 129 Å². The minimum Gasteiger partial charge on any atom is -0.459 e. The van der Waals surface area contributed by atoms with Gasteiger partial charge in [0.15, 0.2) is 0 Å². The van der Waals surface area contributed by atoms with Crippen LogP contribution in [0.4, 0.5) is 21.0 Å². The summed E-state index contributed by atoms with van der Waals surface area (Å²) in [6.07, 6.45) is -1.61. The summed E-state index contributed by atoms with van der Waals surface area (Å²) in [6, 6.07) is 4.91. The summed E-state index contributed by atoms with van der Waals surface area (Å²) in [6.45, 7) is 11.1. The van der Waals surface area contributed by atoms with Crippen LogP contribution >= 0.6 is 0 Å². The molecule has 0 aliphatic carbocycles. The maximum atomic E-state index is 12.0. The average molecular weight is 434 g/mol. The molecule has 0 unspecified atom stereocenters. The van der Waals surface area contributed by atoms with Gasteiger partial charge in [-0.3, -0.25) is 10.6 Å². The van der Waals surface area contributed by atoms with Gasteiger partial charge in [0.1, 0.15) is 26.4 Å². The second-order valence-corrected chi connectivity index (χ2v) is 6.40. The molecule has 10 nitrogen and oxygen atoms in total. The average Bonchev–Trinajstić information content (AvgIpc) is 2.70. The fraction of sp³-hybridized carbons (Fsp3) is 0.333. The SMILES string of the molecule is C=C(C)C(=O)OCCOC(=O)Nc1ccc(C)cc1NC(=O)OCCOC(=O)C(=C)C. The lowest BCUT2D eigenvalue weighted by atomic mass is 10.2. The third-order valence-corrected chi connectivity index (χ3v) is 3.44. The van der Waals surface area contributed by atoms with Gasteiger partial charge in [-0.1, -0.05) is 19.2 Å². The Hall–Kier alpha value is -3.82. The van der Waals surface area contributed by atoms with E-state index in [9.17, 15) is 19.2 Å². The monoisotopic (exact) mass is 434 g/mol. The molecule has 0 heterocycles. The third-order valence-electron chi connectivity index (χ3n) is 3.44. The van der Waals surface area contributed by atoms with Gasteiger partial charge in [-0.05, 0) is 38.5 Å². The fourth-order valence-corrected chi connectivity index (χ4v) is 1.95. The van der Waals surface area contributed by atoms with E-state index in [0.717, 1.165) is 5.56 Å². The molecule has 168 valence electrons. The van der Waals surface area contributed by atoms with Crippen LogP contribution in [0.2, 0.25) is 0 Å². The molecule has 1 aromatic rings. The van der Waals surface area contributed by atoms with E-state index in [4.69, 9.17) is 18.9 Å². The molecule has 10 heteroatoms. The first-order valence-electron chi connectivity index (χ1n) is 9.23. The summed E-state index contributed by atoms with van der Waals surface area (Å²) in [7, 11) is 0. The van der Waals surface area contributed by atoms with E-state index in [1.54, 1.807) is 25.1 Å². The molecule has 0 saturated heterocycles. The molecule has 0 spiro atoms. The lowest BCUT2D eigenvalue weighted by molar-refractivity contribution is -0.140. The highest BCUT2D eigenvalue weighted by Crippen LogP contribution is 2.23. The largest absolute Gasteiger partial charge is 0.459 e. The molecule has 0 aliphatic rings. The van der Waals surface area contributed by atoms with Crippen LogP contribution in [-0.4, -0.2) is 50.6 Å². The van der Waals surface area contributed by atoms with Crippen molar-refractivity contribution in [3.63, 3.8) is 0 Å². The van der Waals surface area contributed by atoms with Gasteiger partial charge in [-0.2, -0.15) is 0 Å². The zero-order chi connectivity index (χ0) is 23.4. The van der Waals surface area contributed by atoms with Gasteiger partial charge in [0.05, 0.1) is 11.4 Å². The van der Waals surface area contributed by atoms with Crippen molar-refractivity contribution >= 4 is 35.5 Å². The summed E-state index contributed by atoms with van der Waals surface area (Å²) in [5.74, 6) is -1.16. The lowest BCUT2D eigenvalue weighted by Gasteiger charge is -2.14. The van der Waals surface area contributed by atoms with E-state index in [1.807, 2.05) is 0 Å². The van der Waals surface area contributed by atoms with Crippen molar-refractivity contribution in [3.05, 3.63) is 48.1 Å². The van der Waals surface area contributed by atoms with E-state index in [-0.39, 0.29) is 48.9 Å². The first-order valence-corrected chi connectivity index (χ1v) is 9.23. The number of carbonyl (C=O) groups is 4. The summed E-state index contributed by atoms with van der Waals surface area (Å²) >= 11 is 0. The molecule has 2 N–H and O–H groups in total. The van der Waals surface area contributed by atoms with Crippen molar-refractivity contribution in [3.8, 4) is 0 Å². The van der Waals surface area contributed by atoms with E-state index in [1.165, 1.54) is 13.8 Å². The zero-order valence-electron chi connectivity index (χ0n) is 17.7. The Morgan fingerprint density at radius 3 is 1.61 bits per heavy atom. The standard InChI is InChI=1S/C21H26N2O8/c1-13(2)18(24)28-8-10-30-20(26)22-16-7-6-15(5)12-17(16)23-21(27)31-11-9-29-19(25)14(3)4/h6-7,12H,1,3,8-11H2,2,4-5H3,(H,22,26)(H,23,27). The number of esters is 2. The van der Waals surface area contributed by atoms with Crippen LogP contribution in [0, 0.1) is 6.92 Å². The van der Waals surface area contributed by atoms with Gasteiger partial charge in [0, 0.05) is 11.1 Å². The zero-order valence-corrected chi connectivity index (χ0v) is 17.7. The van der Waals surface area contributed by atoms with Crippen LogP contribution in [0.5, 0.6) is 0 Å². The fourth-order valence-electron chi connectivity index (χ4n) is 1.95. The van der Waals surface area contributed by atoms with Crippen LogP contribution < -0.4 is 10.6 Å². The molecule has 0 saturated carbocycles. The minimum atomic E-state index is -0.807. The molecule has 1 rings (SSSR count). The Bertz CT molecular complexity index is 863. The number of anilines is 2. The third kappa shape index (κ3) is 9.97. The van der Waals surface area contributed by atoms with Gasteiger partial charge in [0.2, 0.25) is 0 Å². The molecular formula is C21H26N2O8. The van der Waals surface area contributed by atoms with E-state index in [2.05, 4.69) is 23.8 Å². The summed E-state index contributed by atoms with van der Waals surface area (Å²) in [4.78, 5) is 46.5. The van der Waals surface area contributed by atoms with E-state index >= 15 is 0 Å². The van der Waals surface area contributed by atoms with Crippen LogP contribution in [-0.2, 0) is 28.5 Å². The molecule has 0 fully saturated rings. The second kappa shape index (κ2) is 12.7. The molecule has 0 radical (unpaired) electrons. The van der Waals surface area contributed by atoms with Crippen molar-refractivity contribution in [1.82, 2.24) is 0 Å². The highest BCUT2D eigenvalue weighted by atomic mass is 16.6. The second-order valence-electron chi connectivity index (χ2n) is 6.40. The molecule has 0 atom stereocenters. The molecule has 1 aromatic carbocycles. The first-order chi connectivity index (χ1) is 14.6. The Balaban J connectivity index is 2.53. The first kappa shape index (κ1) is 25.2. The number of nitrogens with one attached hydrogen (secondary N) is 2. The summed E-state index contributed by atoms with van der Waals surface area (Å²) in [5, 5.41) is 4.97. The molecule has 0 bridgehead atoms. The normalized spacial score (nSPS) is 9.77. The highest BCUT2D eigenvalue weighted by Gasteiger charge is 2.12. The molecule has 0 aromatic heterocycles. The van der Waals surface area contributed by atoms with Crippen molar-refractivity contribution in [2.75, 3.05) is 37.1 Å². The molecule has 31 heavy (non-hydrogen) atoms. The number of carbonyl (C=O) groups excluding carboxylic acids is 4. The van der Waals surface area contributed by atoms with Gasteiger partial charge in [-0.25, -0.2) is 19.2 Å². The Labute approximate surface area is 180 Å². The van der Waals surface area contributed by atoms with Gasteiger partial charge in [-0.15, -0.1) is 0 Å². The molecule has 2 amide bonds. The number of hydrogen-bond donors (Lipinski definition) is 2. The van der Waals surface area contributed by atoms with Gasteiger partial charge in [0.25, 0.3) is 0 Å². The van der Waals surface area contributed by atoms with Crippen molar-refractivity contribution in [2.24, 2.45) is 0 Å². The Kier molecular flexibility index (Phi) is 10.3. The quantitative estimate of drug-likeness (QED) is 0.248. The Morgan fingerprint density at radius 1 is 0.742 bits per heavy atom. The van der Waals surface area contributed by atoms with Crippen molar-refractivity contribution in [2.45, 2.75) is 20.8 Å². The van der Waals surface area contributed by atoms with Crippen molar-refractivity contribution in [1.29, 1.82) is 0 Å². The smallest absolute Gasteiger partial charge is 0.411 e. The van der Waals surface area contributed by atoms with E-state index < -0.39 is 24.1 Å². The van der Waals surface area contributed by atoms with Crippen LogP contribution in [0.3, 0.4) is 0 Å². The van der Waals surface area contributed by atoms with Crippen LogP contribution in [0.1, 0.15) is 19.4 Å². The molecular weight excluding hydrogens is 408 g/mol. The van der Waals surface area contributed by atoms with E-state index in [0.29, 0.717) is 0 Å². The van der Waals surface area contributed by atoms with Crippen LogP contribution in [0.25, 0.3) is 0 Å². The maximum absolute atomic E-state index is 12.0. The summed E-state index contributed by atoms with van der Waals surface area (Å²) < 4.78 is 19.5. The lowest BCUT2D eigenvalue weighted by Crippen LogP contribution is -2.21.